The molecule has 1 aliphatic heterocycles. The standard InChI is InChI=1S/C23H26N4O4S/c1-31-11-10-27-22(30)18(21(29)25-23(27)32)12-15-13-26(19-9-5-4-8-17(15)19)14-20(28)24-16-6-2-3-7-16/h4-5,8-9,12-13,16H,2-3,6-7,10-11,14H2,1H3,(H,24,28)(H,25,29,32). The van der Waals surface area contributed by atoms with Crippen molar-refractivity contribution in [1.82, 2.24) is 20.1 Å². The van der Waals surface area contributed by atoms with Crippen LogP contribution >= 0.6 is 12.2 Å². The molecule has 0 radical (unpaired) electrons. The number of benzene rings is 1. The number of thiocarbonyl (C=S) groups is 1. The van der Waals surface area contributed by atoms with Gasteiger partial charge in [-0.25, -0.2) is 0 Å². The van der Waals surface area contributed by atoms with Crippen LogP contribution in [0.4, 0.5) is 0 Å². The average Bonchev–Trinajstić information content (AvgIpc) is 3.39. The van der Waals surface area contributed by atoms with Gasteiger partial charge in [0.2, 0.25) is 5.91 Å². The predicted molar refractivity (Wildman–Crippen MR) is 125 cm³/mol. The molecule has 1 aliphatic carbocycles. The van der Waals surface area contributed by atoms with Gasteiger partial charge in [0.25, 0.3) is 11.8 Å². The van der Waals surface area contributed by atoms with E-state index in [2.05, 4.69) is 10.6 Å². The fourth-order valence-corrected chi connectivity index (χ4v) is 4.52. The lowest BCUT2D eigenvalue weighted by Gasteiger charge is -2.28. The van der Waals surface area contributed by atoms with Crippen molar-refractivity contribution in [3.05, 3.63) is 41.6 Å². The van der Waals surface area contributed by atoms with Crippen LogP contribution in [0.5, 0.6) is 0 Å². The van der Waals surface area contributed by atoms with Gasteiger partial charge in [-0.15, -0.1) is 0 Å². The highest BCUT2D eigenvalue weighted by molar-refractivity contribution is 7.80. The van der Waals surface area contributed by atoms with Crippen LogP contribution in [0.1, 0.15) is 31.2 Å². The number of fused-ring (bicyclic) bond motifs is 1. The molecule has 168 valence electrons. The van der Waals surface area contributed by atoms with Crippen LogP contribution in [-0.2, 0) is 25.7 Å². The van der Waals surface area contributed by atoms with E-state index in [1.807, 2.05) is 28.8 Å². The lowest BCUT2D eigenvalue weighted by molar-refractivity contribution is -0.129. The SMILES string of the molecule is COCCN1C(=O)C(=Cc2cn(CC(=O)NC3CCCC3)c3ccccc23)C(=O)NC1=S. The van der Waals surface area contributed by atoms with Crippen LogP contribution in [0, 0.1) is 0 Å². The van der Waals surface area contributed by atoms with Crippen LogP contribution in [0.3, 0.4) is 0 Å². The Kier molecular flexibility index (Phi) is 6.66. The van der Waals surface area contributed by atoms with Crippen molar-refractivity contribution in [2.24, 2.45) is 0 Å². The molecular formula is C23H26N4O4S. The number of ether oxygens (including phenoxy) is 1. The van der Waals surface area contributed by atoms with Gasteiger partial charge in [-0.3, -0.25) is 24.6 Å². The van der Waals surface area contributed by atoms with Gasteiger partial charge in [0.1, 0.15) is 12.1 Å². The van der Waals surface area contributed by atoms with Crippen molar-refractivity contribution in [3.63, 3.8) is 0 Å². The Labute approximate surface area is 191 Å². The summed E-state index contributed by atoms with van der Waals surface area (Å²) >= 11 is 5.14. The predicted octanol–water partition coefficient (Wildman–Crippen LogP) is 1.97. The molecule has 0 unspecified atom stereocenters. The summed E-state index contributed by atoms with van der Waals surface area (Å²) in [6, 6.07) is 7.86. The quantitative estimate of drug-likeness (QED) is 0.379. The van der Waals surface area contributed by atoms with E-state index in [1.165, 1.54) is 12.0 Å². The maximum atomic E-state index is 13.0. The smallest absolute Gasteiger partial charge is 0.265 e. The summed E-state index contributed by atoms with van der Waals surface area (Å²) in [6.45, 7) is 0.712. The van der Waals surface area contributed by atoms with Crippen LogP contribution in [0.25, 0.3) is 17.0 Å². The molecule has 0 spiro atoms. The molecule has 0 atom stereocenters. The van der Waals surface area contributed by atoms with Gasteiger partial charge in [-0.2, -0.15) is 0 Å². The summed E-state index contributed by atoms with van der Waals surface area (Å²) in [5, 5.41) is 6.59. The lowest BCUT2D eigenvalue weighted by atomic mass is 10.1. The van der Waals surface area contributed by atoms with E-state index in [9.17, 15) is 14.4 Å². The third-order valence-electron chi connectivity index (χ3n) is 5.86. The Bertz CT molecular complexity index is 1100. The summed E-state index contributed by atoms with van der Waals surface area (Å²) in [7, 11) is 1.53. The Morgan fingerprint density at radius 2 is 2.03 bits per heavy atom. The van der Waals surface area contributed by atoms with Gasteiger partial charge in [0, 0.05) is 35.8 Å². The monoisotopic (exact) mass is 454 g/mol. The van der Waals surface area contributed by atoms with Crippen molar-refractivity contribution in [2.75, 3.05) is 20.3 Å². The summed E-state index contributed by atoms with van der Waals surface area (Å²) in [4.78, 5) is 39.4. The average molecular weight is 455 g/mol. The molecule has 1 aromatic carbocycles. The van der Waals surface area contributed by atoms with Crippen molar-refractivity contribution < 1.29 is 19.1 Å². The fraction of sp³-hybridized carbons (Fsp3) is 0.391. The van der Waals surface area contributed by atoms with Crippen molar-refractivity contribution in [3.8, 4) is 0 Å². The van der Waals surface area contributed by atoms with Crippen molar-refractivity contribution >= 4 is 52.0 Å². The van der Waals surface area contributed by atoms with Crippen molar-refractivity contribution in [1.29, 1.82) is 0 Å². The molecule has 4 rings (SSSR count). The molecule has 1 saturated heterocycles. The zero-order valence-electron chi connectivity index (χ0n) is 17.9. The highest BCUT2D eigenvalue weighted by Gasteiger charge is 2.33. The maximum Gasteiger partial charge on any atom is 0.265 e. The largest absolute Gasteiger partial charge is 0.383 e. The van der Waals surface area contributed by atoms with Gasteiger partial charge in [-0.1, -0.05) is 31.0 Å². The number of carbonyl (C=O) groups is 3. The fourth-order valence-electron chi connectivity index (χ4n) is 4.25. The van der Waals surface area contributed by atoms with E-state index in [1.54, 1.807) is 12.3 Å². The molecule has 9 heteroatoms. The second-order valence-electron chi connectivity index (χ2n) is 8.05. The van der Waals surface area contributed by atoms with Gasteiger partial charge in [0.05, 0.1) is 13.2 Å². The molecule has 0 bridgehead atoms. The number of aromatic nitrogens is 1. The van der Waals surface area contributed by atoms with E-state index in [0.29, 0.717) is 12.2 Å². The Hall–Kier alpha value is -3.04. The van der Waals surface area contributed by atoms with E-state index in [4.69, 9.17) is 17.0 Å². The molecule has 32 heavy (non-hydrogen) atoms. The summed E-state index contributed by atoms with van der Waals surface area (Å²) in [5.74, 6) is -1.05. The summed E-state index contributed by atoms with van der Waals surface area (Å²) in [6.07, 6.45) is 7.71. The van der Waals surface area contributed by atoms with E-state index in [0.717, 1.165) is 36.6 Å². The van der Waals surface area contributed by atoms with Crippen LogP contribution in [-0.4, -0.2) is 58.6 Å². The van der Waals surface area contributed by atoms with Gasteiger partial charge in [0.15, 0.2) is 5.11 Å². The molecular weight excluding hydrogens is 428 g/mol. The lowest BCUT2D eigenvalue weighted by Crippen LogP contribution is -2.54. The minimum atomic E-state index is -0.538. The van der Waals surface area contributed by atoms with E-state index >= 15 is 0 Å². The minimum Gasteiger partial charge on any atom is -0.383 e. The number of rotatable bonds is 7. The summed E-state index contributed by atoms with van der Waals surface area (Å²) in [5.41, 5.74) is 1.54. The Morgan fingerprint density at radius 1 is 1.28 bits per heavy atom. The second-order valence-corrected chi connectivity index (χ2v) is 8.43. The molecule has 2 aromatic rings. The molecule has 3 amide bonds. The molecule has 1 aromatic heterocycles. The molecule has 2 aliphatic rings. The number of para-hydroxylation sites is 1. The normalized spacial score (nSPS) is 18.6. The van der Waals surface area contributed by atoms with E-state index < -0.39 is 11.8 Å². The first-order valence-electron chi connectivity index (χ1n) is 10.7. The first-order valence-corrected chi connectivity index (χ1v) is 11.1. The van der Waals surface area contributed by atoms with Gasteiger partial charge in [-0.05, 0) is 37.2 Å². The van der Waals surface area contributed by atoms with Crippen LogP contribution < -0.4 is 10.6 Å². The Morgan fingerprint density at radius 3 is 2.78 bits per heavy atom. The number of carbonyl (C=O) groups excluding carboxylic acids is 3. The number of methoxy groups -OCH3 is 1. The maximum absolute atomic E-state index is 13.0. The van der Waals surface area contributed by atoms with Crippen LogP contribution in [0.15, 0.2) is 36.0 Å². The molecule has 2 heterocycles. The molecule has 2 fully saturated rings. The first-order chi connectivity index (χ1) is 15.5. The number of nitrogens with one attached hydrogen (secondary N) is 2. The zero-order valence-corrected chi connectivity index (χ0v) is 18.7. The number of nitrogens with zero attached hydrogens (tertiary/aromatic N) is 2. The second kappa shape index (κ2) is 9.62. The first kappa shape index (κ1) is 22.2. The summed E-state index contributed by atoms with van der Waals surface area (Å²) < 4.78 is 6.89. The number of hydrogen-bond donors (Lipinski definition) is 2. The highest BCUT2D eigenvalue weighted by Crippen LogP contribution is 2.25. The third-order valence-corrected chi connectivity index (χ3v) is 6.18. The molecule has 2 N–H and O–H groups in total. The molecule has 1 saturated carbocycles. The van der Waals surface area contributed by atoms with E-state index in [-0.39, 0.29) is 35.7 Å². The van der Waals surface area contributed by atoms with Gasteiger partial charge >= 0.3 is 0 Å². The molecule has 8 nitrogen and oxygen atoms in total. The topological polar surface area (TPSA) is 92.7 Å². The number of hydrogen-bond acceptors (Lipinski definition) is 5. The Balaban J connectivity index is 1.63. The highest BCUT2D eigenvalue weighted by atomic mass is 32.1. The third kappa shape index (κ3) is 4.58. The van der Waals surface area contributed by atoms with Crippen molar-refractivity contribution in [2.45, 2.75) is 38.3 Å². The minimum absolute atomic E-state index is 0.00647. The zero-order chi connectivity index (χ0) is 22.7. The van der Waals surface area contributed by atoms with Crippen LogP contribution in [0.2, 0.25) is 0 Å². The number of amides is 3. The van der Waals surface area contributed by atoms with Gasteiger partial charge < -0.3 is 14.6 Å².